The van der Waals surface area contributed by atoms with E-state index in [0.29, 0.717) is 11.5 Å². The van der Waals surface area contributed by atoms with E-state index in [0.717, 1.165) is 16.5 Å². The van der Waals surface area contributed by atoms with Crippen LogP contribution < -0.4 is 11.3 Å². The molecule has 4 nitrogen and oxygen atoms in total. The van der Waals surface area contributed by atoms with Crippen molar-refractivity contribution >= 4 is 16.9 Å². The molecule has 1 aromatic carbocycles. The molecule has 0 bridgehead atoms. The van der Waals surface area contributed by atoms with Gasteiger partial charge in [-0.3, -0.25) is 4.79 Å². The molecule has 0 spiro atoms. The van der Waals surface area contributed by atoms with E-state index in [-0.39, 0.29) is 5.56 Å². The number of nitrogens with one attached hydrogen (secondary N) is 1. The summed E-state index contributed by atoms with van der Waals surface area (Å²) in [5.41, 5.74) is 8.13. The van der Waals surface area contributed by atoms with E-state index >= 15 is 0 Å². The summed E-state index contributed by atoms with van der Waals surface area (Å²) >= 11 is 0. The Kier molecular flexibility index (Phi) is 2.34. The third kappa shape index (κ3) is 1.73. The summed E-state index contributed by atoms with van der Waals surface area (Å²) < 4.78 is 0. The zero-order chi connectivity index (χ0) is 12.5. The van der Waals surface area contributed by atoms with Crippen LogP contribution in [-0.2, 0) is 0 Å². The lowest BCUT2D eigenvalue weighted by Crippen LogP contribution is -2.05. The Morgan fingerprint density at radius 1 is 1.06 bits per heavy atom. The Bertz CT molecular complexity index is 763. The number of benzene rings is 1. The van der Waals surface area contributed by atoms with Crippen molar-refractivity contribution < 1.29 is 0 Å². The van der Waals surface area contributed by atoms with Crippen LogP contribution in [0, 0.1) is 0 Å². The maximum atomic E-state index is 11.3. The molecular weight excluding hydrogens is 226 g/mol. The number of H-pyrrole nitrogens is 1. The summed E-state index contributed by atoms with van der Waals surface area (Å²) in [5, 5.41) is 0.884. The molecule has 2 aromatic heterocycles. The van der Waals surface area contributed by atoms with Gasteiger partial charge < -0.3 is 10.7 Å². The number of pyridine rings is 2. The molecule has 88 valence electrons. The van der Waals surface area contributed by atoms with Gasteiger partial charge in [-0.2, -0.15) is 0 Å². The van der Waals surface area contributed by atoms with Crippen molar-refractivity contribution in [1.82, 2.24) is 9.97 Å². The van der Waals surface area contributed by atoms with E-state index in [4.69, 9.17) is 5.73 Å². The molecule has 0 amide bonds. The van der Waals surface area contributed by atoms with Crippen LogP contribution in [0.15, 0.2) is 53.3 Å². The lowest BCUT2D eigenvalue weighted by molar-refractivity contribution is 1.24. The first kappa shape index (κ1) is 10.5. The molecule has 0 aliphatic rings. The normalized spacial score (nSPS) is 10.7. The molecule has 0 radical (unpaired) electrons. The fourth-order valence-corrected chi connectivity index (χ4v) is 2.01. The van der Waals surface area contributed by atoms with Gasteiger partial charge in [0.25, 0.3) is 0 Å². The maximum absolute atomic E-state index is 11.3. The van der Waals surface area contributed by atoms with Crippen molar-refractivity contribution in [3.63, 3.8) is 0 Å². The second-order valence-electron chi connectivity index (χ2n) is 4.05. The molecule has 0 unspecified atom stereocenters. The lowest BCUT2D eigenvalue weighted by atomic mass is 10.0. The molecule has 0 aliphatic carbocycles. The monoisotopic (exact) mass is 237 g/mol. The highest BCUT2D eigenvalue weighted by Gasteiger charge is 2.06. The van der Waals surface area contributed by atoms with E-state index in [1.807, 2.05) is 36.4 Å². The van der Waals surface area contributed by atoms with Crippen molar-refractivity contribution in [1.29, 1.82) is 0 Å². The van der Waals surface area contributed by atoms with Gasteiger partial charge >= 0.3 is 0 Å². The highest BCUT2D eigenvalue weighted by molar-refractivity contribution is 5.93. The largest absolute Gasteiger partial charge is 0.384 e. The fraction of sp³-hybridized carbons (Fsp3) is 0. The molecule has 0 atom stereocenters. The van der Waals surface area contributed by atoms with Gasteiger partial charge in [0.2, 0.25) is 5.56 Å². The van der Waals surface area contributed by atoms with E-state index in [1.165, 1.54) is 6.07 Å². The van der Waals surface area contributed by atoms with Crippen LogP contribution >= 0.6 is 0 Å². The lowest BCUT2D eigenvalue weighted by Gasteiger charge is -2.07. The molecule has 18 heavy (non-hydrogen) atoms. The number of fused-ring (bicyclic) bond motifs is 1. The first-order chi connectivity index (χ1) is 8.74. The van der Waals surface area contributed by atoms with Crippen LogP contribution in [0.5, 0.6) is 0 Å². The third-order valence-corrected chi connectivity index (χ3v) is 2.81. The summed E-state index contributed by atoms with van der Waals surface area (Å²) in [7, 11) is 0. The van der Waals surface area contributed by atoms with Gasteiger partial charge in [-0.25, -0.2) is 4.98 Å². The Morgan fingerprint density at radius 3 is 2.61 bits per heavy atom. The van der Waals surface area contributed by atoms with Crippen LogP contribution in [0.25, 0.3) is 22.2 Å². The quantitative estimate of drug-likeness (QED) is 0.681. The zero-order valence-corrected chi connectivity index (χ0v) is 9.55. The van der Waals surface area contributed by atoms with Gasteiger partial charge in [0.1, 0.15) is 11.5 Å². The number of nitrogens with two attached hydrogens (primary N) is 1. The molecular formula is C14H11N3O. The molecule has 0 fully saturated rings. The van der Waals surface area contributed by atoms with Crippen LogP contribution in [-0.4, -0.2) is 9.97 Å². The number of anilines is 1. The van der Waals surface area contributed by atoms with Crippen molar-refractivity contribution in [2.45, 2.75) is 0 Å². The highest BCUT2D eigenvalue weighted by atomic mass is 16.1. The van der Waals surface area contributed by atoms with Crippen LogP contribution in [0.4, 0.5) is 5.82 Å². The molecule has 0 saturated heterocycles. The summed E-state index contributed by atoms with van der Waals surface area (Å²) in [6.07, 6.45) is 0. The predicted molar refractivity (Wildman–Crippen MR) is 72.2 cm³/mol. The summed E-state index contributed by atoms with van der Waals surface area (Å²) in [6, 6.07) is 15.0. The number of nitrogen functional groups attached to an aromatic ring is 1. The standard InChI is InChI=1S/C14H11N3O/c15-12-8-11(9-4-2-1-3-5-9)10-6-7-13(18)17-14(10)16-12/h1-8H,(H3,15,16,17,18). The summed E-state index contributed by atoms with van der Waals surface area (Å²) in [6.45, 7) is 0. The van der Waals surface area contributed by atoms with Crippen molar-refractivity contribution in [2.75, 3.05) is 5.73 Å². The molecule has 2 heterocycles. The smallest absolute Gasteiger partial charge is 0.249 e. The Balaban J connectivity index is 2.39. The number of nitrogens with zero attached hydrogens (tertiary/aromatic N) is 1. The molecule has 3 rings (SSSR count). The number of aromatic nitrogens is 2. The zero-order valence-electron chi connectivity index (χ0n) is 9.55. The Hall–Kier alpha value is -2.62. The van der Waals surface area contributed by atoms with Crippen LogP contribution in [0.1, 0.15) is 0 Å². The third-order valence-electron chi connectivity index (χ3n) is 2.81. The molecule has 3 N–H and O–H groups in total. The van der Waals surface area contributed by atoms with E-state index in [2.05, 4.69) is 9.97 Å². The van der Waals surface area contributed by atoms with Crippen LogP contribution in [0.2, 0.25) is 0 Å². The van der Waals surface area contributed by atoms with Crippen LogP contribution in [0.3, 0.4) is 0 Å². The van der Waals surface area contributed by atoms with E-state index in [9.17, 15) is 4.79 Å². The Morgan fingerprint density at radius 2 is 1.83 bits per heavy atom. The van der Waals surface area contributed by atoms with Crippen molar-refractivity contribution in [3.05, 3.63) is 58.9 Å². The SMILES string of the molecule is Nc1cc(-c2ccccc2)c2ccc(=O)[nH]c2n1. The number of hydrogen-bond donors (Lipinski definition) is 2. The minimum absolute atomic E-state index is 0.181. The average Bonchev–Trinajstić information content (AvgIpc) is 2.38. The second kappa shape index (κ2) is 4.00. The van der Waals surface area contributed by atoms with Gasteiger partial charge in [0.05, 0.1) is 0 Å². The topological polar surface area (TPSA) is 71.8 Å². The average molecular weight is 237 g/mol. The second-order valence-corrected chi connectivity index (χ2v) is 4.05. The molecule has 0 aliphatic heterocycles. The minimum Gasteiger partial charge on any atom is -0.384 e. The van der Waals surface area contributed by atoms with E-state index in [1.54, 1.807) is 6.07 Å². The molecule has 3 aromatic rings. The summed E-state index contributed by atoms with van der Waals surface area (Å²) in [5.74, 6) is 0.392. The number of rotatable bonds is 1. The number of aromatic amines is 1. The number of hydrogen-bond acceptors (Lipinski definition) is 3. The predicted octanol–water partition coefficient (Wildman–Crippen LogP) is 2.17. The fourth-order valence-electron chi connectivity index (χ4n) is 2.01. The Labute approximate surface area is 103 Å². The maximum Gasteiger partial charge on any atom is 0.249 e. The first-order valence-corrected chi connectivity index (χ1v) is 5.59. The molecule has 0 saturated carbocycles. The van der Waals surface area contributed by atoms with E-state index < -0.39 is 0 Å². The van der Waals surface area contributed by atoms with Gasteiger partial charge in [0.15, 0.2) is 0 Å². The minimum atomic E-state index is -0.181. The van der Waals surface area contributed by atoms with Gasteiger partial charge in [-0.15, -0.1) is 0 Å². The highest BCUT2D eigenvalue weighted by Crippen LogP contribution is 2.27. The molecule has 4 heteroatoms. The van der Waals surface area contributed by atoms with Gasteiger partial charge in [-0.05, 0) is 23.3 Å². The van der Waals surface area contributed by atoms with Gasteiger partial charge in [-0.1, -0.05) is 30.3 Å². The van der Waals surface area contributed by atoms with Crippen molar-refractivity contribution in [2.24, 2.45) is 0 Å². The first-order valence-electron chi connectivity index (χ1n) is 5.59. The summed E-state index contributed by atoms with van der Waals surface area (Å²) in [4.78, 5) is 18.1. The van der Waals surface area contributed by atoms with Gasteiger partial charge in [0, 0.05) is 11.5 Å². The van der Waals surface area contributed by atoms with Crippen molar-refractivity contribution in [3.8, 4) is 11.1 Å².